The summed E-state index contributed by atoms with van der Waals surface area (Å²) < 4.78 is 0. The average Bonchev–Trinajstić information content (AvgIpc) is 2.40. The van der Waals surface area contributed by atoms with E-state index in [0.29, 0.717) is 5.41 Å². The Balaban J connectivity index is 1.80. The van der Waals surface area contributed by atoms with Gasteiger partial charge in [-0.15, -0.1) is 11.6 Å². The second-order valence-electron chi connectivity index (χ2n) is 7.83. The summed E-state index contributed by atoms with van der Waals surface area (Å²) in [5.41, 5.74) is 0.381. The topological polar surface area (TPSA) is 29.1 Å². The molecule has 0 radical (unpaired) electrons. The fraction of sp³-hybridized carbons (Fsp3) is 0.941. The normalized spacial score (nSPS) is 35.6. The van der Waals surface area contributed by atoms with Gasteiger partial charge in [0, 0.05) is 12.0 Å². The molecule has 2 nitrogen and oxygen atoms in total. The van der Waals surface area contributed by atoms with Gasteiger partial charge in [0.25, 0.3) is 0 Å². The molecule has 0 aromatic rings. The minimum atomic E-state index is 0.138. The maximum absolute atomic E-state index is 12.4. The van der Waals surface area contributed by atoms with E-state index in [1.165, 1.54) is 25.7 Å². The second kappa shape index (κ2) is 6.68. The first-order valence-corrected chi connectivity index (χ1v) is 8.76. The Bertz CT molecular complexity index is 328. The van der Waals surface area contributed by atoms with Gasteiger partial charge >= 0.3 is 0 Å². The SMILES string of the molecule is CC(C)(C)C1CCC(C(=O)NC2CCCCC2Cl)CC1. The quantitative estimate of drug-likeness (QED) is 0.747. The number of halogens is 1. The van der Waals surface area contributed by atoms with Crippen LogP contribution in [0.25, 0.3) is 0 Å². The summed E-state index contributed by atoms with van der Waals surface area (Å²) in [5, 5.41) is 3.36. The van der Waals surface area contributed by atoms with Crippen molar-refractivity contribution in [2.24, 2.45) is 17.3 Å². The lowest BCUT2D eigenvalue weighted by molar-refractivity contribution is -0.127. The van der Waals surface area contributed by atoms with Crippen molar-refractivity contribution < 1.29 is 4.79 Å². The Morgan fingerprint density at radius 1 is 1.00 bits per heavy atom. The predicted molar refractivity (Wildman–Crippen MR) is 84.9 cm³/mol. The van der Waals surface area contributed by atoms with E-state index in [1.54, 1.807) is 0 Å². The molecule has 2 atom stereocenters. The summed E-state index contributed by atoms with van der Waals surface area (Å²) in [4.78, 5) is 12.4. The second-order valence-corrected chi connectivity index (χ2v) is 8.39. The molecule has 0 saturated heterocycles. The van der Waals surface area contributed by atoms with Crippen molar-refractivity contribution in [2.45, 2.75) is 83.6 Å². The Labute approximate surface area is 129 Å². The zero-order valence-electron chi connectivity index (χ0n) is 13.3. The Morgan fingerprint density at radius 2 is 1.60 bits per heavy atom. The fourth-order valence-corrected chi connectivity index (χ4v) is 4.11. The van der Waals surface area contributed by atoms with Crippen LogP contribution in [-0.2, 0) is 4.79 Å². The van der Waals surface area contributed by atoms with Gasteiger partial charge in [0.2, 0.25) is 5.91 Å². The van der Waals surface area contributed by atoms with Crippen LogP contribution in [0.2, 0.25) is 0 Å². The van der Waals surface area contributed by atoms with E-state index in [1.807, 2.05) is 0 Å². The lowest BCUT2D eigenvalue weighted by Crippen LogP contribution is -2.46. The van der Waals surface area contributed by atoms with Crippen molar-refractivity contribution in [1.82, 2.24) is 5.32 Å². The van der Waals surface area contributed by atoms with Gasteiger partial charge in [-0.1, -0.05) is 33.6 Å². The first kappa shape index (κ1) is 16.1. The van der Waals surface area contributed by atoms with Crippen LogP contribution < -0.4 is 5.32 Å². The summed E-state index contributed by atoms with van der Waals surface area (Å²) in [5.74, 6) is 1.25. The number of alkyl halides is 1. The van der Waals surface area contributed by atoms with Crippen molar-refractivity contribution in [1.29, 1.82) is 0 Å². The van der Waals surface area contributed by atoms with Crippen LogP contribution in [0.5, 0.6) is 0 Å². The summed E-state index contributed by atoms with van der Waals surface area (Å²) in [7, 11) is 0. The molecule has 1 N–H and O–H groups in total. The molecular formula is C17H30ClNO. The zero-order chi connectivity index (χ0) is 14.8. The number of rotatable bonds is 2. The Hall–Kier alpha value is -0.240. The van der Waals surface area contributed by atoms with Gasteiger partial charge < -0.3 is 5.32 Å². The molecular weight excluding hydrogens is 270 g/mol. The van der Waals surface area contributed by atoms with Crippen molar-refractivity contribution >= 4 is 17.5 Å². The first-order chi connectivity index (χ1) is 9.38. The van der Waals surface area contributed by atoms with E-state index in [0.717, 1.165) is 31.6 Å². The van der Waals surface area contributed by atoms with Crippen molar-refractivity contribution in [2.75, 3.05) is 0 Å². The minimum absolute atomic E-state index is 0.138. The van der Waals surface area contributed by atoms with Gasteiger partial charge in [-0.05, 0) is 49.9 Å². The first-order valence-electron chi connectivity index (χ1n) is 8.32. The standard InChI is InChI=1S/C17H30ClNO/c1-17(2,3)13-10-8-12(9-11-13)16(20)19-15-7-5-4-6-14(15)18/h12-15H,4-11H2,1-3H3,(H,19,20). The van der Waals surface area contributed by atoms with E-state index in [-0.39, 0.29) is 23.2 Å². The third-order valence-corrected chi connectivity index (χ3v) is 5.85. The van der Waals surface area contributed by atoms with Crippen molar-refractivity contribution in [3.63, 3.8) is 0 Å². The smallest absolute Gasteiger partial charge is 0.223 e. The number of hydrogen-bond donors (Lipinski definition) is 1. The van der Waals surface area contributed by atoms with Crippen LogP contribution in [0.3, 0.4) is 0 Å². The highest BCUT2D eigenvalue weighted by Gasteiger charge is 2.33. The van der Waals surface area contributed by atoms with Crippen molar-refractivity contribution in [3.8, 4) is 0 Å². The average molecular weight is 300 g/mol. The molecule has 0 aliphatic heterocycles. The lowest BCUT2D eigenvalue weighted by atomic mass is 9.69. The highest BCUT2D eigenvalue weighted by atomic mass is 35.5. The summed E-state index contributed by atoms with van der Waals surface area (Å²) in [6.07, 6.45) is 8.98. The van der Waals surface area contributed by atoms with Crippen LogP contribution in [0.1, 0.15) is 72.1 Å². The maximum Gasteiger partial charge on any atom is 0.223 e. The fourth-order valence-electron chi connectivity index (χ4n) is 3.77. The van der Waals surface area contributed by atoms with E-state index in [9.17, 15) is 4.79 Å². The number of carbonyl (C=O) groups excluding carboxylic acids is 1. The number of carbonyl (C=O) groups is 1. The summed E-state index contributed by atoms with van der Waals surface area (Å²) in [6.45, 7) is 6.95. The Kier molecular flexibility index (Phi) is 5.39. The highest BCUT2D eigenvalue weighted by Crippen LogP contribution is 2.40. The molecule has 1 amide bonds. The van der Waals surface area contributed by atoms with Crippen LogP contribution in [0, 0.1) is 17.3 Å². The third kappa shape index (κ3) is 4.13. The molecule has 20 heavy (non-hydrogen) atoms. The van der Waals surface area contributed by atoms with E-state index in [4.69, 9.17) is 11.6 Å². The zero-order valence-corrected chi connectivity index (χ0v) is 14.0. The number of amides is 1. The molecule has 2 fully saturated rings. The number of nitrogens with one attached hydrogen (secondary N) is 1. The molecule has 0 aromatic carbocycles. The van der Waals surface area contributed by atoms with Gasteiger partial charge in [-0.3, -0.25) is 4.79 Å². The minimum Gasteiger partial charge on any atom is -0.352 e. The van der Waals surface area contributed by atoms with Crippen molar-refractivity contribution in [3.05, 3.63) is 0 Å². The largest absolute Gasteiger partial charge is 0.352 e. The summed E-state index contributed by atoms with van der Waals surface area (Å²) in [6, 6.07) is 0.207. The monoisotopic (exact) mass is 299 g/mol. The molecule has 2 aliphatic rings. The van der Waals surface area contributed by atoms with E-state index >= 15 is 0 Å². The van der Waals surface area contributed by atoms with Crippen LogP contribution in [0.4, 0.5) is 0 Å². The van der Waals surface area contributed by atoms with Crippen LogP contribution >= 0.6 is 11.6 Å². The van der Waals surface area contributed by atoms with Crippen LogP contribution in [-0.4, -0.2) is 17.3 Å². The molecule has 2 saturated carbocycles. The molecule has 0 spiro atoms. The highest BCUT2D eigenvalue weighted by molar-refractivity contribution is 6.21. The molecule has 0 bridgehead atoms. The third-order valence-electron chi connectivity index (χ3n) is 5.33. The Morgan fingerprint density at radius 3 is 2.15 bits per heavy atom. The lowest BCUT2D eigenvalue weighted by Gasteiger charge is -2.37. The predicted octanol–water partition coefficient (Wildman–Crippen LogP) is 4.51. The molecule has 2 rings (SSSR count). The molecule has 116 valence electrons. The van der Waals surface area contributed by atoms with Gasteiger partial charge in [-0.2, -0.15) is 0 Å². The van der Waals surface area contributed by atoms with Gasteiger partial charge in [-0.25, -0.2) is 0 Å². The maximum atomic E-state index is 12.4. The van der Waals surface area contributed by atoms with Gasteiger partial charge in [0.15, 0.2) is 0 Å². The molecule has 2 unspecified atom stereocenters. The van der Waals surface area contributed by atoms with Gasteiger partial charge in [0.1, 0.15) is 0 Å². The number of hydrogen-bond acceptors (Lipinski definition) is 1. The molecule has 3 heteroatoms. The molecule has 2 aliphatic carbocycles. The summed E-state index contributed by atoms with van der Waals surface area (Å²) >= 11 is 6.33. The molecule has 0 aromatic heterocycles. The van der Waals surface area contributed by atoms with E-state index in [2.05, 4.69) is 26.1 Å². The van der Waals surface area contributed by atoms with Crippen LogP contribution in [0.15, 0.2) is 0 Å². The van der Waals surface area contributed by atoms with Gasteiger partial charge in [0.05, 0.1) is 5.38 Å². The van der Waals surface area contributed by atoms with E-state index < -0.39 is 0 Å². The molecule has 0 heterocycles.